The summed E-state index contributed by atoms with van der Waals surface area (Å²) in [6, 6.07) is 8.24. The van der Waals surface area contributed by atoms with Crippen LogP contribution in [0.25, 0.3) is 0 Å². The van der Waals surface area contributed by atoms with Crippen LogP contribution in [0.15, 0.2) is 36.5 Å². The molecule has 2 heterocycles. The Hall–Kier alpha value is -2.74. The lowest BCUT2D eigenvalue weighted by Crippen LogP contribution is -2.20. The van der Waals surface area contributed by atoms with E-state index in [1.54, 1.807) is 18.1 Å². The van der Waals surface area contributed by atoms with Gasteiger partial charge in [0.05, 0.1) is 29.3 Å². The molecule has 0 radical (unpaired) electrons. The zero-order chi connectivity index (χ0) is 14.5. The molecule has 0 aliphatic heterocycles. The van der Waals surface area contributed by atoms with Gasteiger partial charge in [0.1, 0.15) is 11.6 Å². The van der Waals surface area contributed by atoms with Crippen molar-refractivity contribution >= 4 is 17.3 Å². The number of hydrogen-bond acceptors (Lipinski definition) is 7. The Morgan fingerprint density at radius 3 is 2.85 bits per heavy atom. The topological polar surface area (TPSA) is 110 Å². The summed E-state index contributed by atoms with van der Waals surface area (Å²) < 4.78 is 0. The van der Waals surface area contributed by atoms with Crippen molar-refractivity contribution in [2.75, 3.05) is 17.4 Å². The molecule has 0 bridgehead atoms. The van der Waals surface area contributed by atoms with Crippen molar-refractivity contribution in [1.82, 2.24) is 9.97 Å². The van der Waals surface area contributed by atoms with Crippen molar-refractivity contribution in [1.29, 1.82) is 0 Å². The van der Waals surface area contributed by atoms with Gasteiger partial charge in [0.25, 0.3) is 5.69 Å². The van der Waals surface area contributed by atoms with Gasteiger partial charge in [0, 0.05) is 13.2 Å². The van der Waals surface area contributed by atoms with Crippen LogP contribution in [0, 0.1) is 10.1 Å². The predicted molar refractivity (Wildman–Crippen MR) is 75.0 cm³/mol. The first-order valence-electron chi connectivity index (χ1n) is 5.84. The van der Waals surface area contributed by atoms with Gasteiger partial charge in [0.15, 0.2) is 0 Å². The molecule has 104 valence electrons. The number of rotatable bonds is 5. The smallest absolute Gasteiger partial charge is 0.276 e. The van der Waals surface area contributed by atoms with Crippen LogP contribution in [0.3, 0.4) is 0 Å². The fourth-order valence-corrected chi connectivity index (χ4v) is 1.69. The van der Waals surface area contributed by atoms with Gasteiger partial charge in [-0.2, -0.15) is 0 Å². The molecule has 3 N–H and O–H groups in total. The van der Waals surface area contributed by atoms with Crippen LogP contribution in [0.4, 0.5) is 17.3 Å². The molecular formula is C12H14N6O2. The fourth-order valence-electron chi connectivity index (χ4n) is 1.69. The Bertz CT molecular complexity index is 604. The van der Waals surface area contributed by atoms with Crippen LogP contribution >= 0.6 is 0 Å². The first-order valence-corrected chi connectivity index (χ1v) is 5.84. The first kappa shape index (κ1) is 13.7. The molecule has 8 heteroatoms. The molecule has 0 aromatic carbocycles. The predicted octanol–water partition coefficient (Wildman–Crippen LogP) is 1.31. The second kappa shape index (κ2) is 5.93. The van der Waals surface area contributed by atoms with Crippen LogP contribution in [-0.4, -0.2) is 21.9 Å². The maximum Gasteiger partial charge on any atom is 0.276 e. The van der Waals surface area contributed by atoms with Gasteiger partial charge >= 0.3 is 0 Å². The van der Waals surface area contributed by atoms with Crippen LogP contribution in [0.2, 0.25) is 0 Å². The monoisotopic (exact) mass is 274 g/mol. The zero-order valence-corrected chi connectivity index (χ0v) is 10.9. The summed E-state index contributed by atoms with van der Waals surface area (Å²) in [5.41, 5.74) is 3.09. The van der Waals surface area contributed by atoms with Gasteiger partial charge in [-0.25, -0.2) is 10.8 Å². The van der Waals surface area contributed by atoms with Gasteiger partial charge in [-0.05, 0) is 12.1 Å². The number of nitrogen functional groups attached to an aromatic ring is 1. The number of aromatic nitrogens is 2. The summed E-state index contributed by atoms with van der Waals surface area (Å²) in [6.45, 7) is 0.485. The number of nitrogens with zero attached hydrogens (tertiary/aromatic N) is 4. The standard InChI is InChI=1S/C12H14N6O2/c1-17(8-9-4-2-3-5-14-9)12-7-10(18(19)20)6-11(15-12)16-13/h2-7H,8,13H2,1H3,(H,15,16). The third kappa shape index (κ3) is 3.18. The Morgan fingerprint density at radius 1 is 1.45 bits per heavy atom. The van der Waals surface area contributed by atoms with Gasteiger partial charge in [0.2, 0.25) is 0 Å². The minimum atomic E-state index is -0.485. The Morgan fingerprint density at radius 2 is 2.25 bits per heavy atom. The summed E-state index contributed by atoms with van der Waals surface area (Å²) in [5, 5.41) is 10.9. The van der Waals surface area contributed by atoms with E-state index in [0.29, 0.717) is 12.4 Å². The lowest BCUT2D eigenvalue weighted by Gasteiger charge is -2.18. The molecule has 0 amide bonds. The summed E-state index contributed by atoms with van der Waals surface area (Å²) in [7, 11) is 1.78. The third-order valence-corrected chi connectivity index (χ3v) is 2.67. The van der Waals surface area contributed by atoms with E-state index >= 15 is 0 Å². The number of nitrogens with one attached hydrogen (secondary N) is 1. The summed E-state index contributed by atoms with van der Waals surface area (Å²) in [6.07, 6.45) is 1.69. The SMILES string of the molecule is CN(Cc1ccccn1)c1cc([N+](=O)[O-])cc(NN)n1. The fraction of sp³-hybridized carbons (Fsp3) is 0.167. The van der Waals surface area contributed by atoms with Crippen molar-refractivity contribution in [3.8, 4) is 0 Å². The number of hydrogen-bond donors (Lipinski definition) is 2. The Kier molecular flexibility index (Phi) is 4.06. The highest BCUT2D eigenvalue weighted by molar-refractivity contribution is 5.55. The molecule has 2 rings (SSSR count). The number of pyridine rings is 2. The van der Waals surface area contributed by atoms with E-state index in [9.17, 15) is 10.1 Å². The van der Waals surface area contributed by atoms with Crippen molar-refractivity contribution in [2.24, 2.45) is 5.84 Å². The molecule has 20 heavy (non-hydrogen) atoms. The molecule has 0 saturated heterocycles. The number of nitro groups is 1. The first-order chi connectivity index (χ1) is 9.60. The van der Waals surface area contributed by atoms with Gasteiger partial charge in [-0.1, -0.05) is 6.07 Å². The van der Waals surface area contributed by atoms with Gasteiger partial charge in [-0.15, -0.1) is 0 Å². The largest absolute Gasteiger partial charge is 0.353 e. The lowest BCUT2D eigenvalue weighted by molar-refractivity contribution is -0.384. The Balaban J connectivity index is 2.27. The Labute approximate surface area is 115 Å². The maximum atomic E-state index is 10.9. The van der Waals surface area contributed by atoms with E-state index in [1.165, 1.54) is 12.1 Å². The number of nitrogens with two attached hydrogens (primary N) is 1. The highest BCUT2D eigenvalue weighted by Gasteiger charge is 2.13. The second-order valence-corrected chi connectivity index (χ2v) is 4.15. The molecule has 0 aliphatic carbocycles. The molecule has 0 spiro atoms. The number of hydrazine groups is 1. The van der Waals surface area contributed by atoms with Gasteiger partial charge < -0.3 is 10.3 Å². The van der Waals surface area contributed by atoms with E-state index in [-0.39, 0.29) is 11.5 Å². The molecule has 2 aromatic heterocycles. The summed E-state index contributed by atoms with van der Waals surface area (Å²) in [5.74, 6) is 5.95. The van der Waals surface area contributed by atoms with Gasteiger partial charge in [-0.3, -0.25) is 15.1 Å². The lowest BCUT2D eigenvalue weighted by atomic mass is 10.3. The van der Waals surface area contributed by atoms with E-state index in [2.05, 4.69) is 15.4 Å². The molecule has 0 aliphatic rings. The third-order valence-electron chi connectivity index (χ3n) is 2.67. The second-order valence-electron chi connectivity index (χ2n) is 4.15. The van der Waals surface area contributed by atoms with Crippen molar-refractivity contribution in [3.05, 3.63) is 52.3 Å². The highest BCUT2D eigenvalue weighted by atomic mass is 16.6. The summed E-state index contributed by atoms with van der Waals surface area (Å²) in [4.78, 5) is 20.5. The highest BCUT2D eigenvalue weighted by Crippen LogP contribution is 2.22. The van der Waals surface area contributed by atoms with Crippen molar-refractivity contribution in [2.45, 2.75) is 6.54 Å². The molecule has 2 aromatic rings. The average molecular weight is 274 g/mol. The zero-order valence-electron chi connectivity index (χ0n) is 10.9. The van der Waals surface area contributed by atoms with E-state index in [4.69, 9.17) is 5.84 Å². The van der Waals surface area contributed by atoms with E-state index in [1.807, 2.05) is 18.2 Å². The van der Waals surface area contributed by atoms with Crippen LogP contribution < -0.4 is 16.2 Å². The van der Waals surface area contributed by atoms with E-state index in [0.717, 1.165) is 5.69 Å². The molecule has 0 unspecified atom stereocenters. The molecule has 8 nitrogen and oxygen atoms in total. The quantitative estimate of drug-likeness (QED) is 0.480. The van der Waals surface area contributed by atoms with Crippen LogP contribution in [0.5, 0.6) is 0 Å². The van der Waals surface area contributed by atoms with Crippen molar-refractivity contribution in [3.63, 3.8) is 0 Å². The van der Waals surface area contributed by atoms with Crippen LogP contribution in [-0.2, 0) is 6.54 Å². The maximum absolute atomic E-state index is 10.9. The molecule has 0 saturated carbocycles. The van der Waals surface area contributed by atoms with Crippen LogP contribution in [0.1, 0.15) is 5.69 Å². The average Bonchev–Trinajstić information content (AvgIpc) is 2.47. The minimum absolute atomic E-state index is 0.0733. The van der Waals surface area contributed by atoms with Crippen molar-refractivity contribution < 1.29 is 4.92 Å². The summed E-state index contributed by atoms with van der Waals surface area (Å²) >= 11 is 0. The molecular weight excluding hydrogens is 260 g/mol. The molecule has 0 fully saturated rings. The minimum Gasteiger partial charge on any atom is -0.353 e. The number of anilines is 2. The van der Waals surface area contributed by atoms with E-state index < -0.39 is 4.92 Å². The normalized spacial score (nSPS) is 10.1. The molecule has 0 atom stereocenters.